The van der Waals surface area contributed by atoms with Crippen molar-refractivity contribution in [2.45, 2.75) is 464 Å². The minimum Gasteiger partial charge on any atom is -0.462 e. The van der Waals surface area contributed by atoms with Gasteiger partial charge < -0.3 is 33.8 Å². The van der Waals surface area contributed by atoms with Gasteiger partial charge in [0, 0.05) is 25.7 Å². The molecule has 0 aromatic carbocycles. The second-order valence-corrected chi connectivity index (χ2v) is 34.1. The van der Waals surface area contributed by atoms with E-state index < -0.39 is 97.5 Å². The molecule has 612 valence electrons. The Morgan fingerprint density at radius 1 is 0.262 bits per heavy atom. The highest BCUT2D eigenvalue weighted by Gasteiger charge is 2.30. The van der Waals surface area contributed by atoms with Crippen molar-refractivity contribution in [3.63, 3.8) is 0 Å². The van der Waals surface area contributed by atoms with Gasteiger partial charge in [0.15, 0.2) is 12.2 Å². The molecule has 103 heavy (non-hydrogen) atoms. The number of esters is 4. The predicted octanol–water partition coefficient (Wildman–Crippen LogP) is 25.5. The number of hydrogen-bond donors (Lipinski definition) is 3. The summed E-state index contributed by atoms with van der Waals surface area (Å²) in [6, 6.07) is 0. The molecule has 5 atom stereocenters. The largest absolute Gasteiger partial charge is 0.472 e. The van der Waals surface area contributed by atoms with Crippen LogP contribution in [-0.2, 0) is 65.4 Å². The van der Waals surface area contributed by atoms with Gasteiger partial charge in [-0.05, 0) is 37.5 Å². The number of aliphatic hydroxyl groups excluding tert-OH is 1. The number of unbranched alkanes of at least 4 members (excludes halogenated alkanes) is 53. The lowest BCUT2D eigenvalue weighted by atomic mass is 10.0. The zero-order chi connectivity index (χ0) is 75.6. The standard InChI is InChI=1S/C84H164O17P2/c1-7-9-11-13-15-17-19-20-21-22-23-24-25-26-27-28-29-38-44-50-56-62-68-83(88)100-80(73-95-82(87)67-61-55-49-43-37-32-30-35-40-46-52-58-64-76(3)4)75-99-103(92,93)97-71-78(85)70-96-102(90,91)98-74-79(72-94-81(86)66-60-54-48-42-34-18-16-14-12-10-8-2)101-84(89)69-63-57-51-45-39-33-31-36-41-47-53-59-65-77(5)6/h76-80,85H,7-75H2,1-6H3,(H,90,91)(H,92,93)/t78-,79+,80+/m0/s1. The van der Waals surface area contributed by atoms with Crippen LogP contribution < -0.4 is 0 Å². The van der Waals surface area contributed by atoms with Gasteiger partial charge in [-0.2, -0.15) is 0 Å². The molecule has 2 unspecified atom stereocenters. The second-order valence-electron chi connectivity index (χ2n) is 31.2. The third kappa shape index (κ3) is 78.0. The first-order valence-electron chi connectivity index (χ1n) is 43.5. The Balaban J connectivity index is 5.22. The molecule has 0 fully saturated rings. The summed E-state index contributed by atoms with van der Waals surface area (Å²) < 4.78 is 68.8. The number of phosphoric ester groups is 2. The fraction of sp³-hybridized carbons (Fsp3) is 0.952. The molecule has 0 bridgehead atoms. The molecule has 0 amide bonds. The number of ether oxygens (including phenoxy) is 4. The number of phosphoric acid groups is 2. The van der Waals surface area contributed by atoms with E-state index in [4.69, 9.17) is 37.0 Å². The van der Waals surface area contributed by atoms with Gasteiger partial charge in [0.2, 0.25) is 0 Å². The van der Waals surface area contributed by atoms with E-state index in [9.17, 15) is 43.2 Å². The van der Waals surface area contributed by atoms with Crippen LogP contribution in [0.1, 0.15) is 446 Å². The van der Waals surface area contributed by atoms with Gasteiger partial charge in [0.25, 0.3) is 0 Å². The Kier molecular flexibility index (Phi) is 74.1. The van der Waals surface area contributed by atoms with Crippen molar-refractivity contribution < 1.29 is 80.2 Å². The molecule has 0 heterocycles. The zero-order valence-corrected chi connectivity index (χ0v) is 69.4. The van der Waals surface area contributed by atoms with Gasteiger partial charge in [-0.3, -0.25) is 37.3 Å². The number of hydrogen-bond acceptors (Lipinski definition) is 15. The quantitative estimate of drug-likeness (QED) is 0.0222. The van der Waals surface area contributed by atoms with Gasteiger partial charge in [0.05, 0.1) is 26.4 Å². The zero-order valence-electron chi connectivity index (χ0n) is 67.6. The third-order valence-corrected chi connectivity index (χ3v) is 21.6. The summed E-state index contributed by atoms with van der Waals surface area (Å²) in [5.74, 6) is -0.546. The topological polar surface area (TPSA) is 237 Å². The van der Waals surface area contributed by atoms with Crippen LogP contribution in [0, 0.1) is 11.8 Å². The van der Waals surface area contributed by atoms with Crippen LogP contribution in [0.3, 0.4) is 0 Å². The maximum atomic E-state index is 13.1. The molecule has 0 saturated heterocycles. The summed E-state index contributed by atoms with van der Waals surface area (Å²) in [6.45, 7) is 9.67. The van der Waals surface area contributed by atoms with Crippen molar-refractivity contribution in [3.8, 4) is 0 Å². The minimum atomic E-state index is -4.96. The smallest absolute Gasteiger partial charge is 0.462 e. The van der Waals surface area contributed by atoms with E-state index in [1.807, 2.05) is 0 Å². The molecule has 0 aliphatic carbocycles. The van der Waals surface area contributed by atoms with Gasteiger partial charge in [-0.25, -0.2) is 9.13 Å². The number of carbonyl (C=O) groups is 4. The summed E-state index contributed by atoms with van der Waals surface area (Å²) in [6.07, 6.45) is 66.6. The monoisotopic (exact) mass is 1510 g/mol. The van der Waals surface area contributed by atoms with Crippen molar-refractivity contribution in [3.05, 3.63) is 0 Å². The van der Waals surface area contributed by atoms with Crippen molar-refractivity contribution in [2.24, 2.45) is 11.8 Å². The highest BCUT2D eigenvalue weighted by Crippen LogP contribution is 2.45. The van der Waals surface area contributed by atoms with E-state index in [0.29, 0.717) is 25.7 Å². The molecular weight excluding hydrogens is 1340 g/mol. The molecule has 17 nitrogen and oxygen atoms in total. The SMILES string of the molecule is CCCCCCCCCCCCCCCCCCCCCCCCC(=O)O[C@H](COC(=O)CCCCCCCCCCCCCCC(C)C)COP(=O)(O)OC[C@@H](O)COP(=O)(O)OC[C@@H](COC(=O)CCCCCCCCCCCCC)OC(=O)CCCCCCCCCCCCCCC(C)C. The maximum Gasteiger partial charge on any atom is 0.472 e. The van der Waals surface area contributed by atoms with Crippen LogP contribution in [0.15, 0.2) is 0 Å². The Morgan fingerprint density at radius 3 is 0.660 bits per heavy atom. The highest BCUT2D eigenvalue weighted by molar-refractivity contribution is 7.47. The molecule has 0 aromatic heterocycles. The van der Waals surface area contributed by atoms with Crippen LogP contribution in [0.2, 0.25) is 0 Å². The minimum absolute atomic E-state index is 0.107. The molecule has 3 N–H and O–H groups in total. The van der Waals surface area contributed by atoms with Crippen molar-refractivity contribution >= 4 is 39.5 Å². The van der Waals surface area contributed by atoms with E-state index >= 15 is 0 Å². The summed E-state index contributed by atoms with van der Waals surface area (Å²) >= 11 is 0. The Labute approximate surface area is 632 Å². The average molecular weight is 1510 g/mol. The first-order valence-corrected chi connectivity index (χ1v) is 46.5. The van der Waals surface area contributed by atoms with E-state index in [2.05, 4.69) is 41.5 Å². The highest BCUT2D eigenvalue weighted by atomic mass is 31.2. The van der Waals surface area contributed by atoms with E-state index in [1.54, 1.807) is 0 Å². The van der Waals surface area contributed by atoms with E-state index in [-0.39, 0.29) is 25.7 Å². The lowest BCUT2D eigenvalue weighted by molar-refractivity contribution is -0.161. The van der Waals surface area contributed by atoms with Crippen molar-refractivity contribution in [1.82, 2.24) is 0 Å². The molecule has 0 aliphatic heterocycles. The summed E-state index contributed by atoms with van der Waals surface area (Å²) in [7, 11) is -9.92. The molecular formula is C84H164O17P2. The summed E-state index contributed by atoms with van der Waals surface area (Å²) in [5.41, 5.74) is 0. The third-order valence-electron chi connectivity index (χ3n) is 19.7. The van der Waals surface area contributed by atoms with Crippen LogP contribution in [0.25, 0.3) is 0 Å². The summed E-state index contributed by atoms with van der Waals surface area (Å²) in [5, 5.41) is 10.7. The van der Waals surface area contributed by atoms with Crippen molar-refractivity contribution in [1.29, 1.82) is 0 Å². The average Bonchev–Trinajstić information content (AvgIpc) is 0.943. The van der Waals surface area contributed by atoms with E-state index in [0.717, 1.165) is 102 Å². The molecule has 0 radical (unpaired) electrons. The normalized spacial score (nSPS) is 13.9. The lowest BCUT2D eigenvalue weighted by Gasteiger charge is -2.21. The second kappa shape index (κ2) is 75.5. The molecule has 0 aliphatic rings. The van der Waals surface area contributed by atoms with Gasteiger partial charge in [-0.1, -0.05) is 395 Å². The molecule has 19 heteroatoms. The van der Waals surface area contributed by atoms with Gasteiger partial charge in [0.1, 0.15) is 19.3 Å². The van der Waals surface area contributed by atoms with Crippen molar-refractivity contribution in [2.75, 3.05) is 39.6 Å². The number of carbonyl (C=O) groups excluding carboxylic acids is 4. The molecule has 0 aromatic rings. The molecule has 0 saturated carbocycles. The summed E-state index contributed by atoms with van der Waals surface area (Å²) in [4.78, 5) is 73.1. The first-order chi connectivity index (χ1) is 49.9. The Morgan fingerprint density at radius 2 is 0.447 bits per heavy atom. The van der Waals surface area contributed by atoms with Crippen LogP contribution in [0.5, 0.6) is 0 Å². The van der Waals surface area contributed by atoms with Gasteiger partial charge in [-0.15, -0.1) is 0 Å². The van der Waals surface area contributed by atoms with E-state index in [1.165, 1.54) is 263 Å². The molecule has 0 spiro atoms. The maximum absolute atomic E-state index is 13.1. The first kappa shape index (κ1) is 101. The van der Waals surface area contributed by atoms with Crippen LogP contribution in [-0.4, -0.2) is 96.7 Å². The Bertz CT molecular complexity index is 1980. The van der Waals surface area contributed by atoms with Gasteiger partial charge >= 0.3 is 39.5 Å². The number of rotatable bonds is 83. The number of aliphatic hydroxyl groups is 1. The van der Waals surface area contributed by atoms with Crippen LogP contribution in [0.4, 0.5) is 0 Å². The predicted molar refractivity (Wildman–Crippen MR) is 423 cm³/mol. The lowest BCUT2D eigenvalue weighted by Crippen LogP contribution is -2.30. The Hall–Kier alpha value is -1.94. The fourth-order valence-electron chi connectivity index (χ4n) is 13.1. The van der Waals surface area contributed by atoms with Crippen LogP contribution >= 0.6 is 15.6 Å². The molecule has 0 rings (SSSR count). The fourth-order valence-corrected chi connectivity index (χ4v) is 14.6.